The van der Waals surface area contributed by atoms with Crippen LogP contribution in [0.15, 0.2) is 16.7 Å². The highest BCUT2D eigenvalue weighted by Crippen LogP contribution is 2.19. The number of aromatic amines is 1. The number of nitrogens with one attached hydrogen (secondary N) is 2. The van der Waals surface area contributed by atoms with Crippen LogP contribution < -0.4 is 5.32 Å². The van der Waals surface area contributed by atoms with Crippen LogP contribution in [0.5, 0.6) is 0 Å². The molecule has 0 fully saturated rings. The second kappa shape index (κ2) is 4.10. The number of imidazole rings is 1. The molecule has 2 N–H and O–H groups in total. The predicted octanol–water partition coefficient (Wildman–Crippen LogP) is 2.71. The molecule has 17 heavy (non-hydrogen) atoms. The van der Waals surface area contributed by atoms with Crippen LogP contribution in [-0.2, 0) is 4.79 Å². The third-order valence-electron chi connectivity index (χ3n) is 2.22. The number of anilines is 1. The van der Waals surface area contributed by atoms with Crippen molar-refractivity contribution < 1.29 is 4.79 Å². The maximum absolute atomic E-state index is 11.8. The van der Waals surface area contributed by atoms with Crippen molar-refractivity contribution in [1.82, 2.24) is 15.0 Å². The average molecular weight is 297 g/mol. The van der Waals surface area contributed by atoms with Crippen molar-refractivity contribution in [3.8, 4) is 0 Å². The fourth-order valence-corrected chi connectivity index (χ4v) is 1.56. The van der Waals surface area contributed by atoms with Crippen LogP contribution in [0.1, 0.15) is 20.8 Å². The molecule has 0 unspecified atom stereocenters. The Kier molecular flexibility index (Phi) is 2.91. The summed E-state index contributed by atoms with van der Waals surface area (Å²) in [6.45, 7) is 5.54. The minimum atomic E-state index is -0.451. The monoisotopic (exact) mass is 296 g/mol. The Morgan fingerprint density at radius 3 is 2.82 bits per heavy atom. The number of fused-ring (bicyclic) bond motifs is 1. The first-order chi connectivity index (χ1) is 7.86. The van der Waals surface area contributed by atoms with Crippen molar-refractivity contribution >= 4 is 38.9 Å². The second-order valence-corrected chi connectivity index (χ2v) is 5.73. The fraction of sp³-hybridized carbons (Fsp3) is 0.364. The second-order valence-electron chi connectivity index (χ2n) is 4.81. The van der Waals surface area contributed by atoms with Gasteiger partial charge in [-0.15, -0.1) is 0 Å². The molecule has 0 spiro atoms. The van der Waals surface area contributed by atoms with E-state index in [1.54, 1.807) is 6.20 Å². The zero-order valence-corrected chi connectivity index (χ0v) is 11.4. The molecule has 5 nitrogen and oxygen atoms in total. The molecular formula is C11H13BrN4O. The zero-order valence-electron chi connectivity index (χ0n) is 9.84. The van der Waals surface area contributed by atoms with Crippen molar-refractivity contribution in [3.63, 3.8) is 0 Å². The van der Waals surface area contributed by atoms with Gasteiger partial charge in [-0.2, -0.15) is 4.98 Å². The van der Waals surface area contributed by atoms with E-state index in [1.807, 2.05) is 26.8 Å². The van der Waals surface area contributed by atoms with E-state index in [-0.39, 0.29) is 5.91 Å². The first kappa shape index (κ1) is 12.0. The Hall–Kier alpha value is -1.43. The summed E-state index contributed by atoms with van der Waals surface area (Å²) in [7, 11) is 0. The molecule has 2 heterocycles. The predicted molar refractivity (Wildman–Crippen MR) is 69.7 cm³/mol. The minimum Gasteiger partial charge on any atom is -0.322 e. The number of hydrogen-bond acceptors (Lipinski definition) is 3. The van der Waals surface area contributed by atoms with Crippen LogP contribution in [-0.4, -0.2) is 20.9 Å². The molecular weight excluding hydrogens is 284 g/mol. The molecule has 0 aliphatic heterocycles. The van der Waals surface area contributed by atoms with Gasteiger partial charge in [-0.25, -0.2) is 4.98 Å². The van der Waals surface area contributed by atoms with Crippen molar-refractivity contribution in [3.05, 3.63) is 16.7 Å². The van der Waals surface area contributed by atoms with E-state index in [4.69, 9.17) is 0 Å². The maximum atomic E-state index is 11.8. The number of carbonyl (C=O) groups is 1. The average Bonchev–Trinajstić information content (AvgIpc) is 2.57. The van der Waals surface area contributed by atoms with Crippen molar-refractivity contribution in [2.45, 2.75) is 20.8 Å². The van der Waals surface area contributed by atoms with E-state index in [0.717, 1.165) is 9.99 Å². The van der Waals surface area contributed by atoms with Gasteiger partial charge in [0.15, 0.2) is 5.65 Å². The summed E-state index contributed by atoms with van der Waals surface area (Å²) in [5.41, 5.74) is 0.911. The number of amides is 1. The standard InChI is InChI=1S/C11H13BrN4O/c1-11(2,3)9(17)16-10-14-7-4-6(12)5-13-8(7)15-10/h4-5H,1-3H3,(H2,13,14,15,16,17). The zero-order chi connectivity index (χ0) is 12.6. The Bertz CT molecular complexity index is 570. The Labute approximate surface area is 107 Å². The van der Waals surface area contributed by atoms with Crippen LogP contribution in [0, 0.1) is 5.41 Å². The van der Waals surface area contributed by atoms with Gasteiger partial charge in [0, 0.05) is 16.1 Å². The molecule has 0 bridgehead atoms. The molecule has 90 valence electrons. The lowest BCUT2D eigenvalue weighted by molar-refractivity contribution is -0.123. The molecule has 0 radical (unpaired) electrons. The van der Waals surface area contributed by atoms with Gasteiger partial charge in [0.1, 0.15) is 0 Å². The quantitative estimate of drug-likeness (QED) is 0.850. The van der Waals surface area contributed by atoms with Crippen LogP contribution in [0.2, 0.25) is 0 Å². The Balaban J connectivity index is 2.29. The number of hydrogen-bond donors (Lipinski definition) is 2. The van der Waals surface area contributed by atoms with E-state index in [0.29, 0.717) is 11.6 Å². The van der Waals surface area contributed by atoms with Crippen molar-refractivity contribution in [1.29, 1.82) is 0 Å². The summed E-state index contributed by atoms with van der Waals surface area (Å²) >= 11 is 3.33. The summed E-state index contributed by atoms with van der Waals surface area (Å²) in [5, 5.41) is 2.73. The van der Waals surface area contributed by atoms with Gasteiger partial charge in [0.05, 0.1) is 5.52 Å². The highest BCUT2D eigenvalue weighted by atomic mass is 79.9. The lowest BCUT2D eigenvalue weighted by atomic mass is 9.96. The third-order valence-corrected chi connectivity index (χ3v) is 2.65. The summed E-state index contributed by atoms with van der Waals surface area (Å²) in [6, 6.07) is 1.86. The number of carbonyl (C=O) groups excluding carboxylic acids is 1. The molecule has 1 amide bonds. The molecule has 0 atom stereocenters. The summed E-state index contributed by atoms with van der Waals surface area (Å²) in [6.07, 6.45) is 1.67. The fourth-order valence-electron chi connectivity index (χ4n) is 1.23. The maximum Gasteiger partial charge on any atom is 0.232 e. The van der Waals surface area contributed by atoms with Gasteiger partial charge >= 0.3 is 0 Å². The lowest BCUT2D eigenvalue weighted by Crippen LogP contribution is -2.28. The summed E-state index contributed by atoms with van der Waals surface area (Å²) < 4.78 is 0.863. The molecule has 0 aliphatic rings. The third kappa shape index (κ3) is 2.63. The molecule has 2 aromatic rings. The van der Waals surface area contributed by atoms with E-state index >= 15 is 0 Å². The molecule has 0 saturated carbocycles. The van der Waals surface area contributed by atoms with Gasteiger partial charge in [-0.3, -0.25) is 10.1 Å². The van der Waals surface area contributed by atoms with E-state index in [2.05, 4.69) is 36.2 Å². The number of pyridine rings is 1. The Morgan fingerprint density at radius 2 is 2.18 bits per heavy atom. The van der Waals surface area contributed by atoms with E-state index in [9.17, 15) is 4.79 Å². The smallest absolute Gasteiger partial charge is 0.232 e. The molecule has 2 rings (SSSR count). The normalized spacial score (nSPS) is 11.8. The number of rotatable bonds is 1. The molecule has 0 aromatic carbocycles. The van der Waals surface area contributed by atoms with Crippen molar-refractivity contribution in [2.75, 3.05) is 5.32 Å². The number of halogens is 1. The first-order valence-electron chi connectivity index (χ1n) is 5.19. The van der Waals surface area contributed by atoms with E-state index in [1.165, 1.54) is 0 Å². The molecule has 0 aliphatic carbocycles. The van der Waals surface area contributed by atoms with Gasteiger partial charge in [0.2, 0.25) is 11.9 Å². The Morgan fingerprint density at radius 1 is 1.47 bits per heavy atom. The van der Waals surface area contributed by atoms with Gasteiger partial charge in [-0.1, -0.05) is 20.8 Å². The molecule has 2 aromatic heterocycles. The topological polar surface area (TPSA) is 70.7 Å². The van der Waals surface area contributed by atoms with Crippen LogP contribution in [0.3, 0.4) is 0 Å². The van der Waals surface area contributed by atoms with Gasteiger partial charge < -0.3 is 4.98 Å². The SMILES string of the molecule is CC(C)(C)C(=O)Nc1nc2ncc(Br)cc2[nH]1. The van der Waals surface area contributed by atoms with Crippen LogP contribution in [0.25, 0.3) is 11.2 Å². The largest absolute Gasteiger partial charge is 0.322 e. The highest BCUT2D eigenvalue weighted by molar-refractivity contribution is 9.10. The van der Waals surface area contributed by atoms with E-state index < -0.39 is 5.41 Å². The highest BCUT2D eigenvalue weighted by Gasteiger charge is 2.22. The van der Waals surface area contributed by atoms with Crippen LogP contribution >= 0.6 is 15.9 Å². The minimum absolute atomic E-state index is 0.0874. The number of H-pyrrole nitrogens is 1. The van der Waals surface area contributed by atoms with Gasteiger partial charge in [-0.05, 0) is 22.0 Å². The first-order valence-corrected chi connectivity index (χ1v) is 5.98. The number of nitrogens with zero attached hydrogens (tertiary/aromatic N) is 2. The number of aromatic nitrogens is 3. The summed E-state index contributed by atoms with van der Waals surface area (Å²) in [4.78, 5) is 23.1. The van der Waals surface area contributed by atoms with Crippen molar-refractivity contribution in [2.24, 2.45) is 5.41 Å². The molecule has 0 saturated heterocycles. The molecule has 6 heteroatoms. The van der Waals surface area contributed by atoms with Crippen LogP contribution in [0.4, 0.5) is 5.95 Å². The summed E-state index contributed by atoms with van der Waals surface area (Å²) in [5.74, 6) is 0.334. The van der Waals surface area contributed by atoms with Gasteiger partial charge in [0.25, 0.3) is 0 Å². The lowest BCUT2D eigenvalue weighted by Gasteiger charge is -2.15.